The number of nitrogens with zero attached hydrogens (tertiary/aromatic N) is 3. The highest BCUT2D eigenvalue weighted by atomic mass is 35.5. The molecule has 0 radical (unpaired) electrons. The maximum atomic E-state index is 12.3. The van der Waals surface area contributed by atoms with Crippen molar-refractivity contribution in [2.24, 2.45) is 7.05 Å². The van der Waals surface area contributed by atoms with Crippen molar-refractivity contribution in [2.75, 3.05) is 12.4 Å². The van der Waals surface area contributed by atoms with Crippen molar-refractivity contribution in [2.45, 2.75) is 6.92 Å². The second-order valence-corrected chi connectivity index (χ2v) is 4.87. The van der Waals surface area contributed by atoms with E-state index in [1.165, 1.54) is 31.8 Å². The van der Waals surface area contributed by atoms with Crippen LogP contribution in [0.25, 0.3) is 0 Å². The molecule has 1 aromatic carbocycles. The highest BCUT2D eigenvalue weighted by molar-refractivity contribution is 6.32. The minimum absolute atomic E-state index is 0.130. The Morgan fingerprint density at radius 1 is 1.50 bits per heavy atom. The number of hydrogen-bond acceptors (Lipinski definition) is 5. The van der Waals surface area contributed by atoms with Gasteiger partial charge in [-0.05, 0) is 25.1 Å². The number of ether oxygens (including phenoxy) is 1. The number of methoxy groups -OCH3 is 1. The van der Waals surface area contributed by atoms with Gasteiger partial charge in [-0.1, -0.05) is 11.6 Å². The third-order valence-electron chi connectivity index (χ3n) is 3.00. The van der Waals surface area contributed by atoms with Crippen molar-refractivity contribution >= 4 is 28.9 Å². The van der Waals surface area contributed by atoms with Gasteiger partial charge < -0.3 is 10.1 Å². The van der Waals surface area contributed by atoms with Gasteiger partial charge in [0.2, 0.25) is 5.69 Å². The van der Waals surface area contributed by atoms with E-state index in [0.717, 1.165) is 0 Å². The van der Waals surface area contributed by atoms with Crippen LogP contribution in [0.15, 0.2) is 18.2 Å². The van der Waals surface area contributed by atoms with Crippen molar-refractivity contribution < 1.29 is 14.5 Å². The van der Waals surface area contributed by atoms with E-state index in [9.17, 15) is 14.9 Å². The second kappa shape index (κ2) is 6.02. The molecule has 0 atom stereocenters. The number of nitro groups is 1. The Hall–Kier alpha value is -2.61. The van der Waals surface area contributed by atoms with Crippen LogP contribution < -0.4 is 10.1 Å². The average molecular weight is 325 g/mol. The fraction of sp³-hybridized carbons (Fsp3) is 0.231. The number of aromatic nitrogens is 2. The Morgan fingerprint density at radius 3 is 2.73 bits per heavy atom. The third-order valence-corrected chi connectivity index (χ3v) is 3.29. The Labute approximate surface area is 130 Å². The van der Waals surface area contributed by atoms with Gasteiger partial charge in [-0.25, -0.2) is 0 Å². The lowest BCUT2D eigenvalue weighted by molar-refractivity contribution is -0.385. The Balaban J connectivity index is 2.34. The molecule has 1 N–H and O–H groups in total. The molecule has 1 aromatic heterocycles. The fourth-order valence-corrected chi connectivity index (χ4v) is 2.31. The molecule has 0 spiro atoms. The standard InChI is InChI=1S/C13H13ClN4O4/c1-7-11(18(20)21)12(17(2)16-7)13(19)15-8-4-5-10(22-3)9(14)6-8/h4-6H,1-3H3,(H,15,19). The van der Waals surface area contributed by atoms with E-state index < -0.39 is 10.8 Å². The Kier molecular flexibility index (Phi) is 4.32. The van der Waals surface area contributed by atoms with Gasteiger partial charge in [0.05, 0.1) is 17.1 Å². The minimum atomic E-state index is -0.643. The zero-order valence-corrected chi connectivity index (χ0v) is 12.8. The molecule has 0 unspecified atom stereocenters. The smallest absolute Gasteiger partial charge is 0.322 e. The van der Waals surface area contributed by atoms with E-state index in [2.05, 4.69) is 10.4 Å². The lowest BCUT2D eigenvalue weighted by Gasteiger charge is -2.08. The number of nitrogens with one attached hydrogen (secondary N) is 1. The lowest BCUT2D eigenvalue weighted by atomic mass is 10.2. The third kappa shape index (κ3) is 2.86. The average Bonchev–Trinajstić information content (AvgIpc) is 2.73. The lowest BCUT2D eigenvalue weighted by Crippen LogP contribution is -2.17. The number of carbonyl (C=O) groups is 1. The van der Waals surface area contributed by atoms with Crippen molar-refractivity contribution in [3.05, 3.63) is 44.7 Å². The summed E-state index contributed by atoms with van der Waals surface area (Å²) in [7, 11) is 2.94. The number of rotatable bonds is 4. The molecular formula is C13H13ClN4O4. The van der Waals surface area contributed by atoms with Gasteiger partial charge in [-0.15, -0.1) is 0 Å². The normalized spacial score (nSPS) is 10.4. The van der Waals surface area contributed by atoms with Gasteiger partial charge in [-0.2, -0.15) is 5.10 Å². The first kappa shape index (κ1) is 15.8. The molecule has 2 rings (SSSR count). The summed E-state index contributed by atoms with van der Waals surface area (Å²) in [5, 5.41) is 17.9. The molecule has 0 aliphatic rings. The summed E-state index contributed by atoms with van der Waals surface area (Å²) in [5.41, 5.74) is 0.114. The highest BCUT2D eigenvalue weighted by Crippen LogP contribution is 2.28. The van der Waals surface area contributed by atoms with Gasteiger partial charge >= 0.3 is 5.69 Å². The SMILES string of the molecule is COc1ccc(NC(=O)c2c([N+](=O)[O-])c(C)nn2C)cc1Cl. The van der Waals surface area contributed by atoms with E-state index in [1.54, 1.807) is 12.1 Å². The quantitative estimate of drug-likeness (QED) is 0.688. The van der Waals surface area contributed by atoms with Crippen LogP contribution in [0, 0.1) is 17.0 Å². The number of anilines is 1. The maximum Gasteiger partial charge on any atom is 0.322 e. The van der Waals surface area contributed by atoms with Crippen molar-refractivity contribution in [3.63, 3.8) is 0 Å². The molecule has 1 amide bonds. The molecule has 0 bridgehead atoms. The number of amides is 1. The second-order valence-electron chi connectivity index (χ2n) is 4.47. The predicted molar refractivity (Wildman–Crippen MR) is 80.6 cm³/mol. The molecule has 0 fully saturated rings. The first-order valence-electron chi connectivity index (χ1n) is 6.18. The van der Waals surface area contributed by atoms with Gasteiger partial charge in [0.1, 0.15) is 11.4 Å². The van der Waals surface area contributed by atoms with E-state index >= 15 is 0 Å². The van der Waals surface area contributed by atoms with E-state index in [0.29, 0.717) is 16.5 Å². The number of aryl methyl sites for hydroxylation is 2. The number of hydrogen-bond donors (Lipinski definition) is 1. The maximum absolute atomic E-state index is 12.3. The largest absolute Gasteiger partial charge is 0.495 e. The van der Waals surface area contributed by atoms with Gasteiger partial charge in [-0.3, -0.25) is 19.6 Å². The Morgan fingerprint density at radius 2 is 2.18 bits per heavy atom. The summed E-state index contributed by atoms with van der Waals surface area (Å²) in [6, 6.07) is 4.66. The molecule has 2 aromatic rings. The van der Waals surface area contributed by atoms with Gasteiger partial charge in [0.25, 0.3) is 5.91 Å². The minimum Gasteiger partial charge on any atom is -0.495 e. The van der Waals surface area contributed by atoms with Gasteiger partial charge in [0, 0.05) is 12.7 Å². The first-order valence-corrected chi connectivity index (χ1v) is 6.55. The highest BCUT2D eigenvalue weighted by Gasteiger charge is 2.29. The monoisotopic (exact) mass is 324 g/mol. The number of halogens is 1. The molecule has 0 aliphatic heterocycles. The first-order chi connectivity index (χ1) is 10.3. The number of benzene rings is 1. The molecule has 116 valence electrons. The Bertz CT molecular complexity index is 757. The van der Waals surface area contributed by atoms with Crippen LogP contribution in [-0.2, 0) is 7.05 Å². The van der Waals surface area contributed by atoms with Crippen LogP contribution >= 0.6 is 11.6 Å². The van der Waals surface area contributed by atoms with Crippen molar-refractivity contribution in [3.8, 4) is 5.75 Å². The van der Waals surface area contributed by atoms with Crippen molar-refractivity contribution in [1.29, 1.82) is 0 Å². The fourth-order valence-electron chi connectivity index (χ4n) is 2.05. The van der Waals surface area contributed by atoms with Crippen LogP contribution in [0.3, 0.4) is 0 Å². The molecule has 9 heteroatoms. The molecule has 0 saturated heterocycles. The van der Waals surface area contributed by atoms with E-state index in [-0.39, 0.29) is 17.1 Å². The molecule has 22 heavy (non-hydrogen) atoms. The summed E-state index contributed by atoms with van der Waals surface area (Å²) in [4.78, 5) is 22.7. The molecule has 8 nitrogen and oxygen atoms in total. The predicted octanol–water partition coefficient (Wildman–Crippen LogP) is 2.55. The van der Waals surface area contributed by atoms with Crippen LogP contribution in [-0.4, -0.2) is 27.7 Å². The van der Waals surface area contributed by atoms with E-state index in [4.69, 9.17) is 16.3 Å². The van der Waals surface area contributed by atoms with E-state index in [1.807, 2.05) is 0 Å². The van der Waals surface area contributed by atoms with Crippen LogP contribution in [0.5, 0.6) is 5.75 Å². The van der Waals surface area contributed by atoms with Crippen molar-refractivity contribution in [1.82, 2.24) is 9.78 Å². The summed E-state index contributed by atoms with van der Waals surface area (Å²) >= 11 is 5.97. The molecule has 0 aliphatic carbocycles. The molecule has 0 saturated carbocycles. The van der Waals surface area contributed by atoms with Crippen LogP contribution in [0.1, 0.15) is 16.2 Å². The summed E-state index contributed by atoms with van der Waals surface area (Å²) < 4.78 is 6.19. The van der Waals surface area contributed by atoms with Gasteiger partial charge in [0.15, 0.2) is 0 Å². The topological polar surface area (TPSA) is 99.3 Å². The van der Waals surface area contributed by atoms with Crippen LogP contribution in [0.4, 0.5) is 11.4 Å². The molecular weight excluding hydrogens is 312 g/mol. The summed E-state index contributed by atoms with van der Waals surface area (Å²) in [6.07, 6.45) is 0. The summed E-state index contributed by atoms with van der Waals surface area (Å²) in [6.45, 7) is 1.47. The zero-order chi connectivity index (χ0) is 16.4. The van der Waals surface area contributed by atoms with Crippen LogP contribution in [0.2, 0.25) is 5.02 Å². The molecule has 1 heterocycles. The zero-order valence-electron chi connectivity index (χ0n) is 12.1. The number of carbonyl (C=O) groups excluding carboxylic acids is 1. The summed E-state index contributed by atoms with van der Waals surface area (Å²) in [5.74, 6) is -0.182.